The molecule has 0 bridgehead atoms. The first kappa shape index (κ1) is 18.3. The lowest BCUT2D eigenvalue weighted by Gasteiger charge is -2.08. The minimum atomic E-state index is -1.15. The molecule has 0 unspecified atom stereocenters. The number of hydrogen-bond donors (Lipinski definition) is 2. The number of benzene rings is 1. The van der Waals surface area contributed by atoms with Gasteiger partial charge in [0.15, 0.2) is 5.69 Å². The molecule has 0 atom stereocenters. The summed E-state index contributed by atoms with van der Waals surface area (Å²) in [6.45, 7) is 6.51. The maximum absolute atomic E-state index is 12.7. The number of rotatable bonds is 6. The predicted molar refractivity (Wildman–Crippen MR) is 98.3 cm³/mol. The Kier molecular flexibility index (Phi) is 5.02. The van der Waals surface area contributed by atoms with Crippen molar-refractivity contribution in [2.45, 2.75) is 33.7 Å². The summed E-state index contributed by atoms with van der Waals surface area (Å²) >= 11 is 0. The molecule has 2 heterocycles. The maximum Gasteiger partial charge on any atom is 0.358 e. The standard InChI is InChI=1S/C18H20N6O3/c1-4-8-23-12(3)16(11(2)21-23)17(25)19-13-6-5-7-14(9-13)24-10-15(18(26)27)20-22-24/h5-7,9-10H,4,8H2,1-3H3,(H,19,25)(H,26,27). The summed E-state index contributed by atoms with van der Waals surface area (Å²) in [5, 5.41) is 23.6. The molecule has 1 aromatic carbocycles. The third-order valence-electron chi connectivity index (χ3n) is 4.13. The van der Waals surface area contributed by atoms with Crippen LogP contribution < -0.4 is 5.32 Å². The molecule has 0 spiro atoms. The number of aromatic nitrogens is 5. The van der Waals surface area contributed by atoms with E-state index in [4.69, 9.17) is 5.11 Å². The van der Waals surface area contributed by atoms with Crippen LogP contribution in [0.25, 0.3) is 5.69 Å². The number of hydrogen-bond acceptors (Lipinski definition) is 5. The van der Waals surface area contributed by atoms with Gasteiger partial charge in [-0.2, -0.15) is 5.10 Å². The van der Waals surface area contributed by atoms with Gasteiger partial charge in [0.1, 0.15) is 0 Å². The van der Waals surface area contributed by atoms with Crippen LogP contribution in [0, 0.1) is 13.8 Å². The van der Waals surface area contributed by atoms with Gasteiger partial charge in [-0.15, -0.1) is 5.10 Å². The smallest absolute Gasteiger partial charge is 0.358 e. The first-order valence-electron chi connectivity index (χ1n) is 8.52. The van der Waals surface area contributed by atoms with E-state index in [0.717, 1.165) is 18.7 Å². The molecule has 140 valence electrons. The lowest BCUT2D eigenvalue weighted by atomic mass is 10.1. The Hall–Kier alpha value is -3.49. The molecule has 27 heavy (non-hydrogen) atoms. The van der Waals surface area contributed by atoms with Gasteiger partial charge in [-0.1, -0.05) is 18.2 Å². The minimum Gasteiger partial charge on any atom is -0.476 e. The quantitative estimate of drug-likeness (QED) is 0.690. The minimum absolute atomic E-state index is 0.154. The molecule has 3 rings (SSSR count). The summed E-state index contributed by atoms with van der Waals surface area (Å²) in [5.74, 6) is -1.39. The molecular weight excluding hydrogens is 348 g/mol. The maximum atomic E-state index is 12.7. The van der Waals surface area contributed by atoms with Crippen LogP contribution in [0.2, 0.25) is 0 Å². The molecular formula is C18H20N6O3. The SMILES string of the molecule is CCCn1nc(C)c(C(=O)Nc2cccc(-n3cc(C(=O)O)nn3)c2)c1C. The summed E-state index contributed by atoms with van der Waals surface area (Å²) in [4.78, 5) is 23.7. The van der Waals surface area contributed by atoms with E-state index < -0.39 is 5.97 Å². The molecule has 0 radical (unpaired) electrons. The number of nitrogens with zero attached hydrogens (tertiary/aromatic N) is 5. The number of aryl methyl sites for hydroxylation is 2. The third kappa shape index (κ3) is 3.71. The van der Waals surface area contributed by atoms with Crippen LogP contribution in [0.1, 0.15) is 45.6 Å². The van der Waals surface area contributed by atoms with Crippen LogP contribution in [0.4, 0.5) is 5.69 Å². The fourth-order valence-electron chi connectivity index (χ4n) is 2.86. The van der Waals surface area contributed by atoms with Gasteiger partial charge in [-0.25, -0.2) is 9.48 Å². The molecule has 2 N–H and O–H groups in total. The monoisotopic (exact) mass is 368 g/mol. The van der Waals surface area contributed by atoms with Crippen LogP contribution in [-0.2, 0) is 6.54 Å². The zero-order chi connectivity index (χ0) is 19.6. The van der Waals surface area contributed by atoms with Gasteiger partial charge in [-0.05, 0) is 38.5 Å². The molecule has 0 saturated carbocycles. The summed E-state index contributed by atoms with van der Waals surface area (Å²) in [6.07, 6.45) is 2.24. The first-order chi connectivity index (χ1) is 12.9. The van der Waals surface area contributed by atoms with Crippen molar-refractivity contribution in [3.8, 4) is 5.69 Å². The summed E-state index contributed by atoms with van der Waals surface area (Å²) in [6, 6.07) is 6.93. The molecule has 0 aliphatic rings. The zero-order valence-corrected chi connectivity index (χ0v) is 15.3. The molecule has 1 amide bonds. The second-order valence-corrected chi connectivity index (χ2v) is 6.13. The summed E-state index contributed by atoms with van der Waals surface area (Å²) in [5.41, 5.74) is 3.05. The predicted octanol–water partition coefficient (Wildman–Crippen LogP) is 2.44. The number of nitrogens with one attached hydrogen (secondary N) is 1. The third-order valence-corrected chi connectivity index (χ3v) is 4.13. The molecule has 2 aromatic heterocycles. The number of carbonyl (C=O) groups is 2. The van der Waals surface area contributed by atoms with E-state index in [0.29, 0.717) is 22.6 Å². The largest absolute Gasteiger partial charge is 0.476 e. The fourth-order valence-corrected chi connectivity index (χ4v) is 2.86. The van der Waals surface area contributed by atoms with Crippen LogP contribution >= 0.6 is 0 Å². The summed E-state index contributed by atoms with van der Waals surface area (Å²) < 4.78 is 3.18. The number of carboxylic acid groups (broad SMARTS) is 1. The Morgan fingerprint density at radius 1 is 1.26 bits per heavy atom. The number of carbonyl (C=O) groups excluding carboxylic acids is 1. The average Bonchev–Trinajstić information content (AvgIpc) is 3.21. The number of carboxylic acids is 1. The normalized spacial score (nSPS) is 10.8. The Morgan fingerprint density at radius 2 is 2.04 bits per heavy atom. The average molecular weight is 368 g/mol. The van der Waals surface area contributed by atoms with Crippen LogP contribution in [-0.4, -0.2) is 41.8 Å². The van der Waals surface area contributed by atoms with Gasteiger partial charge in [0.05, 0.1) is 23.1 Å². The van der Waals surface area contributed by atoms with E-state index in [9.17, 15) is 9.59 Å². The van der Waals surface area contributed by atoms with Crippen LogP contribution in [0.15, 0.2) is 30.5 Å². The molecule has 3 aromatic rings. The Labute approximate surface area is 155 Å². The summed E-state index contributed by atoms with van der Waals surface area (Å²) in [7, 11) is 0. The fraction of sp³-hybridized carbons (Fsp3) is 0.278. The van der Waals surface area contributed by atoms with E-state index in [1.807, 2.05) is 18.5 Å². The molecule has 0 saturated heterocycles. The molecule has 9 nitrogen and oxygen atoms in total. The van der Waals surface area contributed by atoms with E-state index in [1.165, 1.54) is 10.9 Å². The Balaban J connectivity index is 1.84. The number of aromatic carboxylic acids is 1. The lowest BCUT2D eigenvalue weighted by Crippen LogP contribution is -2.14. The van der Waals surface area contributed by atoms with Crippen molar-refractivity contribution in [2.24, 2.45) is 0 Å². The van der Waals surface area contributed by atoms with Crippen molar-refractivity contribution in [3.05, 3.63) is 53.1 Å². The highest BCUT2D eigenvalue weighted by Gasteiger charge is 2.18. The zero-order valence-electron chi connectivity index (χ0n) is 15.3. The van der Waals surface area contributed by atoms with Crippen LogP contribution in [0.5, 0.6) is 0 Å². The molecule has 9 heteroatoms. The highest BCUT2D eigenvalue weighted by molar-refractivity contribution is 6.06. The molecule has 0 fully saturated rings. The second kappa shape index (κ2) is 7.40. The number of amides is 1. The highest BCUT2D eigenvalue weighted by atomic mass is 16.4. The molecule has 0 aliphatic heterocycles. The van der Waals surface area contributed by atoms with E-state index in [1.54, 1.807) is 24.3 Å². The van der Waals surface area contributed by atoms with Gasteiger partial charge < -0.3 is 10.4 Å². The van der Waals surface area contributed by atoms with Gasteiger partial charge in [-0.3, -0.25) is 9.48 Å². The van der Waals surface area contributed by atoms with Crippen molar-refractivity contribution < 1.29 is 14.7 Å². The van der Waals surface area contributed by atoms with E-state index >= 15 is 0 Å². The van der Waals surface area contributed by atoms with Crippen LogP contribution in [0.3, 0.4) is 0 Å². The Bertz CT molecular complexity index is 1000. The second-order valence-electron chi connectivity index (χ2n) is 6.13. The molecule has 0 aliphatic carbocycles. The van der Waals surface area contributed by atoms with E-state index in [-0.39, 0.29) is 11.6 Å². The van der Waals surface area contributed by atoms with Gasteiger partial charge >= 0.3 is 5.97 Å². The van der Waals surface area contributed by atoms with Crippen molar-refractivity contribution in [2.75, 3.05) is 5.32 Å². The van der Waals surface area contributed by atoms with E-state index in [2.05, 4.69) is 27.7 Å². The Morgan fingerprint density at radius 3 is 2.70 bits per heavy atom. The van der Waals surface area contributed by atoms with Crippen molar-refractivity contribution in [1.82, 2.24) is 24.8 Å². The van der Waals surface area contributed by atoms with Crippen molar-refractivity contribution in [1.29, 1.82) is 0 Å². The highest BCUT2D eigenvalue weighted by Crippen LogP contribution is 2.18. The number of anilines is 1. The first-order valence-corrected chi connectivity index (χ1v) is 8.52. The van der Waals surface area contributed by atoms with Crippen molar-refractivity contribution in [3.63, 3.8) is 0 Å². The van der Waals surface area contributed by atoms with Gasteiger partial charge in [0.2, 0.25) is 0 Å². The van der Waals surface area contributed by atoms with Gasteiger partial charge in [0, 0.05) is 17.9 Å². The topological polar surface area (TPSA) is 115 Å². The lowest BCUT2D eigenvalue weighted by molar-refractivity contribution is 0.0690. The van der Waals surface area contributed by atoms with Gasteiger partial charge in [0.25, 0.3) is 5.91 Å². The van der Waals surface area contributed by atoms with Crippen molar-refractivity contribution >= 4 is 17.6 Å².